The van der Waals surface area contributed by atoms with Gasteiger partial charge in [-0.2, -0.15) is 10.1 Å². The monoisotopic (exact) mass is 496 g/mol. The average Bonchev–Trinajstić information content (AvgIpc) is 3.22. The molecule has 2 aliphatic rings. The lowest BCUT2D eigenvalue weighted by atomic mass is 9.92. The maximum Gasteiger partial charge on any atom is 0.410 e. The maximum atomic E-state index is 13.5. The Kier molecular flexibility index (Phi) is 7.20. The summed E-state index contributed by atoms with van der Waals surface area (Å²) in [7, 11) is 0. The third kappa shape index (κ3) is 6.83. The van der Waals surface area contributed by atoms with Gasteiger partial charge in [0.05, 0.1) is 37.2 Å². The zero-order chi connectivity index (χ0) is 25.2. The molecule has 0 spiro atoms. The van der Waals surface area contributed by atoms with E-state index in [0.717, 1.165) is 0 Å². The van der Waals surface area contributed by atoms with Gasteiger partial charge in [-0.05, 0) is 39.7 Å². The molecule has 12 heteroatoms. The molecule has 0 aromatic carbocycles. The number of anilines is 1. The van der Waals surface area contributed by atoms with Gasteiger partial charge in [0, 0.05) is 31.1 Å². The van der Waals surface area contributed by atoms with Crippen LogP contribution in [0.4, 0.5) is 23.8 Å². The second-order valence-corrected chi connectivity index (χ2v) is 10.0. The molecule has 3 heterocycles. The number of nitrogens with zero attached hydrogens (tertiary/aromatic N) is 5. The molecule has 0 unspecified atom stereocenters. The number of hydrogen-bond donors (Lipinski definition) is 1. The molecule has 35 heavy (non-hydrogen) atoms. The fourth-order valence-electron chi connectivity index (χ4n) is 3.89. The summed E-state index contributed by atoms with van der Waals surface area (Å²) in [5, 5.41) is 7.34. The summed E-state index contributed by atoms with van der Waals surface area (Å²) in [6.07, 6.45) is 1.32. The molecule has 0 bridgehead atoms. The van der Waals surface area contributed by atoms with Gasteiger partial charge in [0.15, 0.2) is 0 Å². The standard InChI is InChI=1S/C23H31F3N6O3/c1-22(2,3)35-21(33)31-12-18(13-31)34-14-17-10-19(27-15-4-7-23(25,26)8-5-15)29-20(28-17)32-9-6-16(11-24)30-32/h6,9-10,15,18H,4-5,7-8,11-14H2,1-3H3,(H,27,28,29). The van der Waals surface area contributed by atoms with Crippen molar-refractivity contribution in [2.75, 3.05) is 18.4 Å². The SMILES string of the molecule is CC(C)(C)OC(=O)N1CC(OCc2cc(NC3CCC(F)(F)CC3)nc(-n3ccc(CF)n3)n2)C1. The molecule has 0 radical (unpaired) electrons. The van der Waals surface area contributed by atoms with Gasteiger partial charge >= 0.3 is 6.09 Å². The predicted octanol–water partition coefficient (Wildman–Crippen LogP) is 4.26. The number of likely N-dealkylation sites (tertiary alicyclic amines) is 1. The van der Waals surface area contributed by atoms with Crippen molar-refractivity contribution in [3.63, 3.8) is 0 Å². The number of halogens is 3. The maximum absolute atomic E-state index is 13.5. The quantitative estimate of drug-likeness (QED) is 0.612. The van der Waals surface area contributed by atoms with Gasteiger partial charge < -0.3 is 19.7 Å². The van der Waals surface area contributed by atoms with E-state index in [-0.39, 0.29) is 49.3 Å². The van der Waals surface area contributed by atoms with Gasteiger partial charge in [0.25, 0.3) is 5.95 Å². The Morgan fingerprint density at radius 2 is 1.91 bits per heavy atom. The number of rotatable bonds is 7. The molecular formula is C23H31F3N6O3. The predicted molar refractivity (Wildman–Crippen MR) is 121 cm³/mol. The van der Waals surface area contributed by atoms with Crippen molar-refractivity contribution in [2.45, 2.75) is 83.4 Å². The summed E-state index contributed by atoms with van der Waals surface area (Å²) in [5.74, 6) is -1.94. The number of hydrogen-bond acceptors (Lipinski definition) is 7. The minimum Gasteiger partial charge on any atom is -0.444 e. The van der Waals surface area contributed by atoms with Gasteiger partial charge in [0.2, 0.25) is 5.92 Å². The summed E-state index contributed by atoms with van der Waals surface area (Å²) in [6, 6.07) is 3.10. The van der Waals surface area contributed by atoms with Crippen LogP contribution in [0.1, 0.15) is 57.8 Å². The third-order valence-electron chi connectivity index (χ3n) is 5.79. The van der Waals surface area contributed by atoms with Crippen LogP contribution in [-0.2, 0) is 22.8 Å². The lowest BCUT2D eigenvalue weighted by Gasteiger charge is -2.39. The summed E-state index contributed by atoms with van der Waals surface area (Å²) in [4.78, 5) is 22.6. The second kappa shape index (κ2) is 10.00. The highest BCUT2D eigenvalue weighted by molar-refractivity contribution is 5.69. The Morgan fingerprint density at radius 3 is 2.54 bits per heavy atom. The smallest absolute Gasteiger partial charge is 0.410 e. The first-order chi connectivity index (χ1) is 16.5. The molecule has 192 valence electrons. The van der Waals surface area contributed by atoms with E-state index in [0.29, 0.717) is 37.4 Å². The Hall–Kier alpha value is -2.89. The van der Waals surface area contributed by atoms with E-state index in [1.54, 1.807) is 17.2 Å². The molecule has 9 nitrogen and oxygen atoms in total. The molecule has 2 aromatic rings. The normalized spacial score (nSPS) is 18.9. The molecule has 0 atom stereocenters. The molecule has 2 fully saturated rings. The molecule has 1 aliphatic carbocycles. The van der Waals surface area contributed by atoms with Crippen molar-refractivity contribution in [3.05, 3.63) is 29.7 Å². The molecule has 2 aromatic heterocycles. The van der Waals surface area contributed by atoms with Crippen LogP contribution in [0, 0.1) is 0 Å². The molecule has 4 rings (SSSR count). The molecule has 1 saturated carbocycles. The van der Waals surface area contributed by atoms with E-state index in [1.165, 1.54) is 10.7 Å². The third-order valence-corrected chi connectivity index (χ3v) is 5.79. The molecular weight excluding hydrogens is 465 g/mol. The van der Waals surface area contributed by atoms with Crippen LogP contribution in [-0.4, -0.2) is 67.5 Å². The highest BCUT2D eigenvalue weighted by Crippen LogP contribution is 2.34. The number of amides is 1. The molecule has 1 saturated heterocycles. The van der Waals surface area contributed by atoms with Crippen molar-refractivity contribution in [3.8, 4) is 5.95 Å². The van der Waals surface area contributed by atoms with E-state index in [2.05, 4.69) is 20.4 Å². The first-order valence-electron chi connectivity index (χ1n) is 11.7. The Bertz CT molecular complexity index is 1030. The lowest BCUT2D eigenvalue weighted by molar-refractivity contribution is -0.0698. The molecule has 1 amide bonds. The topological polar surface area (TPSA) is 94.4 Å². The van der Waals surface area contributed by atoms with Crippen LogP contribution in [0.25, 0.3) is 5.95 Å². The second-order valence-electron chi connectivity index (χ2n) is 10.0. The van der Waals surface area contributed by atoms with Crippen LogP contribution >= 0.6 is 0 Å². The van der Waals surface area contributed by atoms with E-state index < -0.39 is 18.2 Å². The van der Waals surface area contributed by atoms with Crippen LogP contribution in [0.2, 0.25) is 0 Å². The van der Waals surface area contributed by atoms with Crippen molar-refractivity contribution >= 4 is 11.9 Å². The number of nitrogens with one attached hydrogen (secondary N) is 1. The lowest BCUT2D eigenvalue weighted by Crippen LogP contribution is -2.55. The van der Waals surface area contributed by atoms with Crippen LogP contribution in [0.5, 0.6) is 0 Å². The minimum atomic E-state index is -2.62. The summed E-state index contributed by atoms with van der Waals surface area (Å²) in [5.41, 5.74) is 0.231. The van der Waals surface area contributed by atoms with Gasteiger partial charge in [-0.25, -0.2) is 27.6 Å². The van der Waals surface area contributed by atoms with Crippen LogP contribution < -0.4 is 5.32 Å². The fraction of sp³-hybridized carbons (Fsp3) is 0.652. The van der Waals surface area contributed by atoms with Gasteiger partial charge in [-0.15, -0.1) is 0 Å². The highest BCUT2D eigenvalue weighted by atomic mass is 19.3. The number of carbonyl (C=O) groups is 1. The van der Waals surface area contributed by atoms with E-state index >= 15 is 0 Å². The Labute approximate surface area is 202 Å². The van der Waals surface area contributed by atoms with Crippen LogP contribution in [0.3, 0.4) is 0 Å². The first-order valence-corrected chi connectivity index (χ1v) is 11.7. The van der Waals surface area contributed by atoms with Crippen molar-refractivity contribution in [1.29, 1.82) is 0 Å². The van der Waals surface area contributed by atoms with Crippen molar-refractivity contribution in [1.82, 2.24) is 24.6 Å². The van der Waals surface area contributed by atoms with Crippen LogP contribution in [0.15, 0.2) is 18.3 Å². The van der Waals surface area contributed by atoms with Gasteiger partial charge in [0.1, 0.15) is 18.1 Å². The zero-order valence-electron chi connectivity index (χ0n) is 20.1. The number of alkyl halides is 3. The van der Waals surface area contributed by atoms with E-state index in [4.69, 9.17) is 9.47 Å². The fourth-order valence-corrected chi connectivity index (χ4v) is 3.89. The largest absolute Gasteiger partial charge is 0.444 e. The van der Waals surface area contributed by atoms with E-state index in [1.807, 2.05) is 20.8 Å². The average molecular weight is 497 g/mol. The first kappa shape index (κ1) is 25.2. The minimum absolute atomic E-state index is 0.140. The van der Waals surface area contributed by atoms with Gasteiger partial charge in [-0.1, -0.05) is 0 Å². The van der Waals surface area contributed by atoms with Crippen molar-refractivity contribution in [2.24, 2.45) is 0 Å². The molecule has 1 aliphatic heterocycles. The Balaban J connectivity index is 1.41. The van der Waals surface area contributed by atoms with Gasteiger partial charge in [-0.3, -0.25) is 0 Å². The summed E-state index contributed by atoms with van der Waals surface area (Å²) in [6.45, 7) is 5.69. The summed E-state index contributed by atoms with van der Waals surface area (Å²) >= 11 is 0. The zero-order valence-corrected chi connectivity index (χ0v) is 20.1. The number of ether oxygens (including phenoxy) is 2. The molecule has 1 N–H and O–H groups in total. The summed E-state index contributed by atoms with van der Waals surface area (Å²) < 4.78 is 52.7. The number of carbonyl (C=O) groups excluding carboxylic acids is 1. The van der Waals surface area contributed by atoms with Crippen molar-refractivity contribution < 1.29 is 27.4 Å². The Morgan fingerprint density at radius 1 is 1.20 bits per heavy atom. The van der Waals surface area contributed by atoms with E-state index in [9.17, 15) is 18.0 Å². The highest BCUT2D eigenvalue weighted by Gasteiger charge is 2.36. The number of aromatic nitrogens is 4.